The number of hydrogen-bond acceptors (Lipinski definition) is 4. The second-order valence-corrected chi connectivity index (χ2v) is 5.56. The summed E-state index contributed by atoms with van der Waals surface area (Å²) in [5, 5.41) is 15.2. The lowest BCUT2D eigenvalue weighted by molar-refractivity contribution is -0.120. The molecule has 6 heteroatoms. The summed E-state index contributed by atoms with van der Waals surface area (Å²) < 4.78 is 0. The summed E-state index contributed by atoms with van der Waals surface area (Å²) in [6, 6.07) is 14.4. The van der Waals surface area contributed by atoms with Crippen molar-refractivity contribution in [1.29, 1.82) is 0 Å². The van der Waals surface area contributed by atoms with E-state index in [0.29, 0.717) is 21.5 Å². The number of benzene rings is 2. The van der Waals surface area contributed by atoms with Crippen molar-refractivity contribution in [3.05, 3.63) is 70.9 Å². The maximum atomic E-state index is 11.8. The van der Waals surface area contributed by atoms with Crippen LogP contribution in [0.3, 0.4) is 0 Å². The minimum Gasteiger partial charge on any atom is -0.505 e. The Morgan fingerprint density at radius 3 is 2.83 bits per heavy atom. The van der Waals surface area contributed by atoms with Gasteiger partial charge in [0.25, 0.3) is 0 Å². The first kappa shape index (κ1) is 16.0. The largest absolute Gasteiger partial charge is 0.505 e. The first-order chi connectivity index (χ1) is 11.6. The van der Waals surface area contributed by atoms with Gasteiger partial charge in [0.05, 0.1) is 17.7 Å². The Bertz CT molecular complexity index is 911. The third kappa shape index (κ3) is 3.52. The lowest BCUT2D eigenvalue weighted by Gasteiger charge is -2.05. The van der Waals surface area contributed by atoms with Crippen LogP contribution in [0.1, 0.15) is 11.1 Å². The van der Waals surface area contributed by atoms with Crippen LogP contribution in [0.2, 0.25) is 5.02 Å². The molecule has 2 N–H and O–H groups in total. The number of nitrogens with zero attached hydrogens (tertiary/aromatic N) is 2. The van der Waals surface area contributed by atoms with Crippen LogP contribution in [0.25, 0.3) is 10.9 Å². The number of carbonyl (C=O) groups is 1. The van der Waals surface area contributed by atoms with E-state index >= 15 is 0 Å². The van der Waals surface area contributed by atoms with Gasteiger partial charge in [0.15, 0.2) is 5.75 Å². The highest BCUT2D eigenvalue weighted by Gasteiger charge is 2.10. The number of hydrogen-bond donors (Lipinski definition) is 2. The highest BCUT2D eigenvalue weighted by Crippen LogP contribution is 2.31. The standard InChI is InChI=1S/C18H14ClN3O2/c19-15-10-13(18(24)17-14(15)7-4-8-20-17)11-21-22-16(23)9-12-5-2-1-3-6-12/h1-8,10-11,24H,9H2,(H,22,23)/b21-11-. The number of phenolic OH excluding ortho intramolecular Hbond substituents is 1. The number of nitrogens with one attached hydrogen (secondary N) is 1. The molecular formula is C18H14ClN3O2. The third-order valence-electron chi connectivity index (χ3n) is 3.45. The van der Waals surface area contributed by atoms with Gasteiger partial charge >= 0.3 is 0 Å². The zero-order valence-electron chi connectivity index (χ0n) is 12.6. The van der Waals surface area contributed by atoms with Gasteiger partial charge in [-0.3, -0.25) is 9.78 Å². The molecule has 3 rings (SSSR count). The number of aromatic hydroxyl groups is 1. The van der Waals surface area contributed by atoms with Crippen molar-refractivity contribution >= 4 is 34.6 Å². The van der Waals surface area contributed by atoms with E-state index in [-0.39, 0.29) is 18.1 Å². The second kappa shape index (κ2) is 7.10. The summed E-state index contributed by atoms with van der Waals surface area (Å²) in [6.45, 7) is 0. The van der Waals surface area contributed by atoms with Crippen LogP contribution in [0, 0.1) is 0 Å². The molecule has 1 aromatic heterocycles. The minimum atomic E-state index is -0.248. The topological polar surface area (TPSA) is 74.6 Å². The molecule has 0 saturated heterocycles. The molecule has 2 aromatic carbocycles. The molecule has 120 valence electrons. The van der Waals surface area contributed by atoms with Crippen LogP contribution in [0.5, 0.6) is 5.75 Å². The number of halogens is 1. The van der Waals surface area contributed by atoms with Crippen LogP contribution < -0.4 is 5.43 Å². The lowest BCUT2D eigenvalue weighted by atomic mass is 10.1. The maximum Gasteiger partial charge on any atom is 0.244 e. The van der Waals surface area contributed by atoms with E-state index in [0.717, 1.165) is 5.56 Å². The Balaban J connectivity index is 1.74. The van der Waals surface area contributed by atoms with Crippen molar-refractivity contribution in [3.8, 4) is 5.75 Å². The highest BCUT2D eigenvalue weighted by molar-refractivity contribution is 6.36. The molecule has 1 heterocycles. The third-order valence-corrected chi connectivity index (χ3v) is 3.76. The Kier molecular flexibility index (Phi) is 4.72. The Morgan fingerprint density at radius 1 is 1.25 bits per heavy atom. The van der Waals surface area contributed by atoms with E-state index in [9.17, 15) is 9.90 Å². The molecule has 0 atom stereocenters. The maximum absolute atomic E-state index is 11.8. The van der Waals surface area contributed by atoms with E-state index in [2.05, 4.69) is 15.5 Å². The van der Waals surface area contributed by atoms with Gasteiger partial charge < -0.3 is 5.11 Å². The molecular weight excluding hydrogens is 326 g/mol. The second-order valence-electron chi connectivity index (χ2n) is 5.15. The van der Waals surface area contributed by atoms with E-state index in [1.807, 2.05) is 30.3 Å². The first-order valence-corrected chi connectivity index (χ1v) is 7.65. The summed E-state index contributed by atoms with van der Waals surface area (Å²) in [5.74, 6) is -0.280. The number of fused-ring (bicyclic) bond motifs is 1. The van der Waals surface area contributed by atoms with Crippen LogP contribution >= 0.6 is 11.6 Å². The number of hydrazone groups is 1. The Labute approximate surface area is 143 Å². The molecule has 0 fully saturated rings. The number of aromatic nitrogens is 1. The molecule has 0 bridgehead atoms. The molecule has 3 aromatic rings. The van der Waals surface area contributed by atoms with Gasteiger partial charge in [-0.25, -0.2) is 5.43 Å². The Hall–Kier alpha value is -2.92. The van der Waals surface area contributed by atoms with Gasteiger partial charge in [-0.1, -0.05) is 41.9 Å². The van der Waals surface area contributed by atoms with Crippen molar-refractivity contribution in [2.24, 2.45) is 5.10 Å². The lowest BCUT2D eigenvalue weighted by Crippen LogP contribution is -2.19. The van der Waals surface area contributed by atoms with Gasteiger partial charge in [-0.15, -0.1) is 0 Å². The molecule has 0 unspecified atom stereocenters. The summed E-state index contributed by atoms with van der Waals surface area (Å²) in [4.78, 5) is 16.0. The minimum absolute atomic E-state index is 0.0314. The van der Waals surface area contributed by atoms with Crippen molar-refractivity contribution in [3.63, 3.8) is 0 Å². The summed E-state index contributed by atoms with van der Waals surface area (Å²) >= 11 is 6.18. The molecule has 0 aliphatic heterocycles. The molecule has 0 saturated carbocycles. The number of pyridine rings is 1. The van der Waals surface area contributed by atoms with Crippen molar-refractivity contribution in [1.82, 2.24) is 10.4 Å². The normalized spacial score (nSPS) is 11.0. The van der Waals surface area contributed by atoms with Gasteiger partial charge in [0.1, 0.15) is 5.52 Å². The van der Waals surface area contributed by atoms with Gasteiger partial charge in [-0.05, 0) is 23.8 Å². The van der Waals surface area contributed by atoms with Gasteiger partial charge in [0, 0.05) is 17.1 Å². The average Bonchev–Trinajstić information content (AvgIpc) is 2.60. The Morgan fingerprint density at radius 2 is 2.04 bits per heavy atom. The molecule has 24 heavy (non-hydrogen) atoms. The van der Waals surface area contributed by atoms with Gasteiger partial charge in [0.2, 0.25) is 5.91 Å². The van der Waals surface area contributed by atoms with Crippen molar-refractivity contribution in [2.75, 3.05) is 0 Å². The molecule has 0 aliphatic rings. The van der Waals surface area contributed by atoms with Crippen LogP contribution in [-0.2, 0) is 11.2 Å². The number of carbonyl (C=O) groups excluding carboxylic acids is 1. The number of rotatable bonds is 4. The van der Waals surface area contributed by atoms with Crippen molar-refractivity contribution in [2.45, 2.75) is 6.42 Å². The summed E-state index contributed by atoms with van der Waals surface area (Å²) in [6.07, 6.45) is 3.14. The number of phenols is 1. The predicted molar refractivity (Wildman–Crippen MR) is 94.3 cm³/mol. The molecule has 0 aliphatic carbocycles. The zero-order chi connectivity index (χ0) is 16.9. The van der Waals surface area contributed by atoms with Gasteiger partial charge in [-0.2, -0.15) is 5.10 Å². The van der Waals surface area contributed by atoms with Crippen molar-refractivity contribution < 1.29 is 9.90 Å². The van der Waals surface area contributed by atoms with E-state index in [1.54, 1.807) is 24.4 Å². The van der Waals surface area contributed by atoms with Crippen LogP contribution in [-0.4, -0.2) is 22.2 Å². The smallest absolute Gasteiger partial charge is 0.244 e. The zero-order valence-corrected chi connectivity index (χ0v) is 13.4. The molecule has 0 spiro atoms. The fourth-order valence-electron chi connectivity index (χ4n) is 2.30. The fraction of sp³-hybridized carbons (Fsp3) is 0.0556. The number of amides is 1. The van der Waals surface area contributed by atoms with Crippen LogP contribution in [0.15, 0.2) is 59.8 Å². The molecule has 1 amide bonds. The quantitative estimate of drug-likeness (QED) is 0.566. The summed E-state index contributed by atoms with van der Waals surface area (Å²) in [5.41, 5.74) is 4.10. The molecule has 0 radical (unpaired) electrons. The average molecular weight is 340 g/mol. The molecule has 5 nitrogen and oxygen atoms in total. The first-order valence-electron chi connectivity index (χ1n) is 7.27. The highest BCUT2D eigenvalue weighted by atomic mass is 35.5. The van der Waals surface area contributed by atoms with E-state index in [4.69, 9.17) is 11.6 Å². The van der Waals surface area contributed by atoms with E-state index < -0.39 is 0 Å². The SMILES string of the molecule is O=C(Cc1ccccc1)N/N=C\c1cc(Cl)c2cccnc2c1O. The monoisotopic (exact) mass is 339 g/mol. The fourth-order valence-corrected chi connectivity index (χ4v) is 2.57. The predicted octanol–water partition coefficient (Wildman–Crippen LogP) is 3.29. The van der Waals surface area contributed by atoms with Crippen LogP contribution in [0.4, 0.5) is 0 Å². The summed E-state index contributed by atoms with van der Waals surface area (Å²) in [7, 11) is 0. The van der Waals surface area contributed by atoms with E-state index in [1.165, 1.54) is 6.21 Å².